The van der Waals surface area contributed by atoms with Crippen LogP contribution in [-0.2, 0) is 4.79 Å². The minimum Gasteiger partial charge on any atom is -0.479 e. The predicted molar refractivity (Wildman–Crippen MR) is 86.6 cm³/mol. The number of aliphatic carboxylic acids is 1. The summed E-state index contributed by atoms with van der Waals surface area (Å²) in [6.07, 6.45) is 0.432. The highest BCUT2D eigenvalue weighted by Crippen LogP contribution is 2.36. The van der Waals surface area contributed by atoms with Crippen molar-refractivity contribution in [2.24, 2.45) is 0 Å². The van der Waals surface area contributed by atoms with E-state index in [-0.39, 0.29) is 0 Å². The minimum absolute atomic E-state index is 0.371. The van der Waals surface area contributed by atoms with Crippen LogP contribution in [0.4, 0.5) is 0 Å². The molecule has 1 aromatic carbocycles. The molecule has 0 saturated carbocycles. The van der Waals surface area contributed by atoms with E-state index in [4.69, 9.17) is 11.6 Å². The van der Waals surface area contributed by atoms with Crippen LogP contribution < -0.4 is 5.32 Å². The molecule has 1 aliphatic rings. The number of carboxylic acid groups (broad SMARTS) is 1. The number of amides is 1. The summed E-state index contributed by atoms with van der Waals surface area (Å²) in [5.74, 6) is -0.285. The van der Waals surface area contributed by atoms with Crippen LogP contribution >= 0.6 is 34.7 Å². The third-order valence-electron chi connectivity index (χ3n) is 3.52. The topological polar surface area (TPSA) is 66.4 Å². The highest BCUT2D eigenvalue weighted by Gasteiger charge is 2.43. The lowest BCUT2D eigenvalue weighted by atomic mass is 9.99. The summed E-state index contributed by atoms with van der Waals surface area (Å²) in [5, 5.41) is 13.3. The largest absolute Gasteiger partial charge is 0.479 e. The van der Waals surface area contributed by atoms with Crippen molar-refractivity contribution in [1.82, 2.24) is 5.32 Å². The summed E-state index contributed by atoms with van der Waals surface area (Å²) < 4.78 is 0.915. The maximum atomic E-state index is 12.4. The molecule has 110 valence electrons. The molecule has 0 aliphatic carbocycles. The molecule has 1 atom stereocenters. The Labute approximate surface area is 134 Å². The number of fused-ring (bicyclic) bond motifs is 1. The fourth-order valence-electron chi connectivity index (χ4n) is 2.32. The van der Waals surface area contributed by atoms with Crippen molar-refractivity contribution in [1.29, 1.82) is 0 Å². The van der Waals surface area contributed by atoms with Crippen LogP contribution in [-0.4, -0.2) is 34.0 Å². The second-order valence-electron chi connectivity index (χ2n) is 4.89. The van der Waals surface area contributed by atoms with Crippen molar-refractivity contribution >= 4 is 56.7 Å². The van der Waals surface area contributed by atoms with Gasteiger partial charge in [-0.15, -0.1) is 11.3 Å². The van der Waals surface area contributed by atoms with Gasteiger partial charge in [-0.1, -0.05) is 29.8 Å². The molecule has 1 aromatic heterocycles. The third-order valence-corrected chi connectivity index (χ3v) is 6.39. The van der Waals surface area contributed by atoms with Crippen LogP contribution in [0, 0.1) is 0 Å². The van der Waals surface area contributed by atoms with Crippen LogP contribution in [0.1, 0.15) is 16.1 Å². The fraction of sp³-hybridized carbons (Fsp3) is 0.286. The van der Waals surface area contributed by atoms with E-state index in [0.717, 1.165) is 15.8 Å². The first-order chi connectivity index (χ1) is 10.0. The molecule has 1 amide bonds. The van der Waals surface area contributed by atoms with E-state index in [1.54, 1.807) is 0 Å². The summed E-state index contributed by atoms with van der Waals surface area (Å²) >= 11 is 9.07. The van der Waals surface area contributed by atoms with E-state index in [1.807, 2.05) is 24.3 Å². The number of nitrogens with one attached hydrogen (secondary N) is 1. The summed E-state index contributed by atoms with van der Waals surface area (Å²) in [7, 11) is 0. The molecule has 21 heavy (non-hydrogen) atoms. The van der Waals surface area contributed by atoms with Crippen molar-refractivity contribution < 1.29 is 14.7 Å². The first-order valence-corrected chi connectivity index (χ1v) is 8.69. The monoisotopic (exact) mass is 341 g/mol. The average molecular weight is 342 g/mol. The number of carboxylic acids is 1. The zero-order valence-corrected chi connectivity index (χ0v) is 13.3. The first kappa shape index (κ1) is 14.7. The number of hydrogen-bond acceptors (Lipinski definition) is 4. The Balaban J connectivity index is 1.94. The van der Waals surface area contributed by atoms with Crippen LogP contribution in [0.25, 0.3) is 10.1 Å². The molecule has 1 aliphatic heterocycles. The minimum atomic E-state index is -1.18. The van der Waals surface area contributed by atoms with E-state index in [2.05, 4.69) is 5.32 Å². The summed E-state index contributed by atoms with van der Waals surface area (Å²) in [6, 6.07) is 7.47. The Bertz CT molecular complexity index is 722. The highest BCUT2D eigenvalue weighted by molar-refractivity contribution is 7.99. The number of thiophene rings is 1. The molecule has 7 heteroatoms. The van der Waals surface area contributed by atoms with Crippen LogP contribution in [0.3, 0.4) is 0 Å². The van der Waals surface area contributed by atoms with Crippen molar-refractivity contribution in [3.8, 4) is 0 Å². The van der Waals surface area contributed by atoms with Crippen molar-refractivity contribution in [3.05, 3.63) is 34.2 Å². The van der Waals surface area contributed by atoms with Gasteiger partial charge in [0.15, 0.2) is 0 Å². The van der Waals surface area contributed by atoms with Gasteiger partial charge in [-0.25, -0.2) is 4.79 Å². The molecule has 2 N–H and O–H groups in total. The van der Waals surface area contributed by atoms with Gasteiger partial charge in [0, 0.05) is 15.8 Å². The van der Waals surface area contributed by atoms with Gasteiger partial charge in [0.2, 0.25) is 0 Å². The van der Waals surface area contributed by atoms with Crippen molar-refractivity contribution in [3.63, 3.8) is 0 Å². The van der Waals surface area contributed by atoms with Gasteiger partial charge in [-0.3, -0.25) is 4.79 Å². The molecular weight excluding hydrogens is 330 g/mol. The van der Waals surface area contributed by atoms with E-state index < -0.39 is 17.4 Å². The molecule has 2 heterocycles. The molecular formula is C14H12ClNO3S2. The molecule has 0 unspecified atom stereocenters. The number of rotatable bonds is 3. The molecule has 0 bridgehead atoms. The zero-order chi connectivity index (χ0) is 15.0. The fourth-order valence-corrected chi connectivity index (χ4v) is 5.06. The van der Waals surface area contributed by atoms with E-state index >= 15 is 0 Å². The maximum Gasteiger partial charge on any atom is 0.330 e. The number of carbonyl (C=O) groups is 2. The number of carbonyl (C=O) groups excluding carboxylic acids is 1. The second-order valence-corrected chi connectivity index (χ2v) is 7.42. The molecule has 0 radical (unpaired) electrons. The lowest BCUT2D eigenvalue weighted by Crippen LogP contribution is -2.54. The number of halogens is 1. The molecule has 3 rings (SSSR count). The molecule has 1 fully saturated rings. The Morgan fingerprint density at radius 2 is 2.10 bits per heavy atom. The summed E-state index contributed by atoms with van der Waals surface area (Å²) in [4.78, 5) is 24.3. The first-order valence-electron chi connectivity index (χ1n) is 6.34. The lowest BCUT2D eigenvalue weighted by Gasteiger charge is -2.24. The highest BCUT2D eigenvalue weighted by atomic mass is 35.5. The van der Waals surface area contributed by atoms with E-state index in [9.17, 15) is 14.7 Å². The van der Waals surface area contributed by atoms with Crippen LogP contribution in [0.2, 0.25) is 5.02 Å². The van der Waals surface area contributed by atoms with Gasteiger partial charge in [-0.05, 0) is 18.2 Å². The van der Waals surface area contributed by atoms with Gasteiger partial charge in [-0.2, -0.15) is 11.8 Å². The van der Waals surface area contributed by atoms with Gasteiger partial charge in [0.05, 0.1) is 5.02 Å². The normalized spacial score (nSPS) is 21.6. The Hall–Kier alpha value is -1.24. The van der Waals surface area contributed by atoms with Gasteiger partial charge in [0.25, 0.3) is 5.91 Å². The van der Waals surface area contributed by atoms with Crippen molar-refractivity contribution in [2.75, 3.05) is 11.5 Å². The zero-order valence-electron chi connectivity index (χ0n) is 10.9. The second kappa shape index (κ2) is 5.51. The van der Waals surface area contributed by atoms with E-state index in [0.29, 0.717) is 22.1 Å². The molecule has 1 saturated heterocycles. The smallest absolute Gasteiger partial charge is 0.330 e. The summed E-state index contributed by atoms with van der Waals surface area (Å²) in [5.41, 5.74) is -1.18. The van der Waals surface area contributed by atoms with Crippen LogP contribution in [0.5, 0.6) is 0 Å². The Morgan fingerprint density at radius 3 is 2.71 bits per heavy atom. The number of hydrogen-bond donors (Lipinski definition) is 2. The SMILES string of the molecule is O=C(N[C@]1(C(=O)O)CCSC1)c1sc2ccccc2c1Cl. The number of benzene rings is 1. The average Bonchev–Trinajstić information content (AvgIpc) is 3.05. The van der Waals surface area contributed by atoms with Crippen LogP contribution in [0.15, 0.2) is 24.3 Å². The van der Waals surface area contributed by atoms with Gasteiger partial charge < -0.3 is 10.4 Å². The quantitative estimate of drug-likeness (QED) is 0.899. The Kier molecular flexibility index (Phi) is 3.86. The maximum absolute atomic E-state index is 12.4. The predicted octanol–water partition coefficient (Wildman–Crippen LogP) is 3.24. The molecule has 2 aromatic rings. The standard InChI is InChI=1S/C14H12ClNO3S2/c15-10-8-3-1-2-4-9(8)21-11(10)12(17)16-14(13(18)19)5-6-20-7-14/h1-4H,5-7H2,(H,16,17)(H,18,19)/t14-/m1/s1. The molecule has 4 nitrogen and oxygen atoms in total. The van der Waals surface area contributed by atoms with Gasteiger partial charge >= 0.3 is 5.97 Å². The summed E-state index contributed by atoms with van der Waals surface area (Å²) in [6.45, 7) is 0. The third kappa shape index (κ3) is 2.52. The van der Waals surface area contributed by atoms with Gasteiger partial charge in [0.1, 0.15) is 10.4 Å². The van der Waals surface area contributed by atoms with E-state index in [1.165, 1.54) is 23.1 Å². The number of thioether (sulfide) groups is 1. The molecule has 0 spiro atoms. The Morgan fingerprint density at radius 1 is 1.33 bits per heavy atom. The van der Waals surface area contributed by atoms with Crippen molar-refractivity contribution in [2.45, 2.75) is 12.0 Å². The lowest BCUT2D eigenvalue weighted by molar-refractivity contribution is -0.143.